The van der Waals surface area contributed by atoms with Crippen molar-refractivity contribution >= 4 is 23.2 Å². The molecule has 2 amide bonds. The second-order valence-corrected chi connectivity index (χ2v) is 6.97. The van der Waals surface area contributed by atoms with E-state index in [-0.39, 0.29) is 22.8 Å². The summed E-state index contributed by atoms with van der Waals surface area (Å²) in [7, 11) is 0. The van der Waals surface area contributed by atoms with Crippen molar-refractivity contribution < 1.29 is 27.2 Å². The third-order valence-corrected chi connectivity index (χ3v) is 4.82. The van der Waals surface area contributed by atoms with Gasteiger partial charge in [0.2, 0.25) is 5.91 Å². The van der Waals surface area contributed by atoms with E-state index in [1.807, 2.05) is 0 Å². The largest absolute Gasteiger partial charge is 0.467 e. The van der Waals surface area contributed by atoms with Crippen molar-refractivity contribution in [3.63, 3.8) is 0 Å². The molecule has 29 heavy (non-hydrogen) atoms. The van der Waals surface area contributed by atoms with Crippen molar-refractivity contribution in [2.45, 2.75) is 25.7 Å². The van der Waals surface area contributed by atoms with Gasteiger partial charge in [0, 0.05) is 10.9 Å². The van der Waals surface area contributed by atoms with Crippen LogP contribution in [0.1, 0.15) is 28.7 Å². The number of furan rings is 1. The quantitative estimate of drug-likeness (QED) is 0.631. The van der Waals surface area contributed by atoms with Gasteiger partial charge in [-0.3, -0.25) is 9.59 Å². The maximum absolute atomic E-state index is 12.9. The minimum atomic E-state index is -4.47. The first-order valence-corrected chi connectivity index (χ1v) is 9.36. The first kappa shape index (κ1) is 20.6. The third-order valence-electron chi connectivity index (χ3n) is 3.93. The summed E-state index contributed by atoms with van der Waals surface area (Å²) in [6, 6.07) is 7.27. The van der Waals surface area contributed by atoms with Crippen LogP contribution in [0.25, 0.3) is 10.6 Å². The number of carbonyl (C=O) groups is 2. The molecule has 0 aliphatic carbocycles. The molecule has 2 aromatic heterocycles. The van der Waals surface area contributed by atoms with Crippen LogP contribution in [0.15, 0.2) is 52.5 Å². The number of nitrogens with one attached hydrogen (secondary N) is 2. The Morgan fingerprint density at radius 1 is 1.24 bits per heavy atom. The predicted molar refractivity (Wildman–Crippen MR) is 100 cm³/mol. The fourth-order valence-electron chi connectivity index (χ4n) is 2.42. The zero-order valence-electron chi connectivity index (χ0n) is 15.1. The molecule has 1 atom stereocenters. The molecule has 0 fully saturated rings. The molecule has 3 rings (SSSR count). The Balaban J connectivity index is 1.62. The molecule has 0 spiro atoms. The molecular weight excluding hydrogens is 407 g/mol. The normalized spacial score (nSPS) is 12.4. The molecule has 0 aliphatic rings. The zero-order chi connectivity index (χ0) is 21.0. The van der Waals surface area contributed by atoms with E-state index in [2.05, 4.69) is 15.6 Å². The van der Waals surface area contributed by atoms with Gasteiger partial charge in [-0.15, -0.1) is 11.3 Å². The van der Waals surface area contributed by atoms with E-state index in [0.717, 1.165) is 23.5 Å². The fourth-order valence-corrected chi connectivity index (χ4v) is 3.21. The van der Waals surface area contributed by atoms with Crippen molar-refractivity contribution in [2.24, 2.45) is 0 Å². The molecule has 0 bridgehead atoms. The maximum Gasteiger partial charge on any atom is 0.416 e. The lowest BCUT2D eigenvalue weighted by Crippen LogP contribution is -2.44. The monoisotopic (exact) mass is 423 g/mol. The van der Waals surface area contributed by atoms with E-state index in [1.165, 1.54) is 30.7 Å². The number of nitrogens with zero attached hydrogens (tertiary/aromatic N) is 1. The molecular formula is C19H16F3N3O3S. The van der Waals surface area contributed by atoms with E-state index >= 15 is 0 Å². The molecule has 10 heteroatoms. The summed E-state index contributed by atoms with van der Waals surface area (Å²) < 4.78 is 43.7. The summed E-state index contributed by atoms with van der Waals surface area (Å²) >= 11 is 1.04. The van der Waals surface area contributed by atoms with Crippen molar-refractivity contribution in [3.05, 3.63) is 65.1 Å². The summed E-state index contributed by atoms with van der Waals surface area (Å²) in [4.78, 5) is 28.5. The number of hydrogen-bond donors (Lipinski definition) is 2. The number of alkyl halides is 3. The molecule has 2 N–H and O–H groups in total. The first-order chi connectivity index (χ1) is 13.7. The standard InChI is InChI=1S/C19H16F3N3O3S/c1-11(16(26)23-9-14-6-3-7-28-14)24-17(27)15-10-29-18(25-15)12-4-2-5-13(8-12)19(20,21)22/h2-8,10-11H,9H2,1H3,(H,23,26)(H,24,27). The highest BCUT2D eigenvalue weighted by molar-refractivity contribution is 7.13. The fraction of sp³-hybridized carbons (Fsp3) is 0.211. The second-order valence-electron chi connectivity index (χ2n) is 6.11. The van der Waals surface area contributed by atoms with Crippen LogP contribution in [0, 0.1) is 0 Å². The van der Waals surface area contributed by atoms with E-state index in [0.29, 0.717) is 5.76 Å². The predicted octanol–water partition coefficient (Wildman–Crippen LogP) is 3.86. The van der Waals surface area contributed by atoms with Gasteiger partial charge in [0.05, 0.1) is 18.4 Å². The number of benzene rings is 1. The van der Waals surface area contributed by atoms with Crippen molar-refractivity contribution in [1.82, 2.24) is 15.6 Å². The smallest absolute Gasteiger partial charge is 0.416 e. The minimum absolute atomic E-state index is 0.0214. The molecule has 0 radical (unpaired) electrons. The lowest BCUT2D eigenvalue weighted by atomic mass is 10.1. The summed E-state index contributed by atoms with van der Waals surface area (Å²) in [5.74, 6) is -0.440. The SMILES string of the molecule is CC(NC(=O)c1csc(-c2cccc(C(F)(F)F)c2)n1)C(=O)NCc1ccco1. The van der Waals surface area contributed by atoms with Crippen LogP contribution in [-0.2, 0) is 17.5 Å². The van der Waals surface area contributed by atoms with Crippen molar-refractivity contribution in [3.8, 4) is 10.6 Å². The van der Waals surface area contributed by atoms with Gasteiger partial charge in [-0.1, -0.05) is 12.1 Å². The van der Waals surface area contributed by atoms with Crippen molar-refractivity contribution in [2.75, 3.05) is 0 Å². The summed E-state index contributed by atoms with van der Waals surface area (Å²) in [6.07, 6.45) is -2.98. The van der Waals surface area contributed by atoms with Crippen LogP contribution in [0.5, 0.6) is 0 Å². The minimum Gasteiger partial charge on any atom is -0.467 e. The average molecular weight is 423 g/mol. The average Bonchev–Trinajstić information content (AvgIpc) is 3.37. The summed E-state index contributed by atoms with van der Waals surface area (Å²) in [5.41, 5.74) is -0.515. The van der Waals surface area contributed by atoms with Gasteiger partial charge >= 0.3 is 6.18 Å². The topological polar surface area (TPSA) is 84.2 Å². The molecule has 0 saturated carbocycles. The Bertz CT molecular complexity index is 1000. The maximum atomic E-state index is 12.9. The molecule has 6 nitrogen and oxygen atoms in total. The molecule has 0 saturated heterocycles. The zero-order valence-corrected chi connectivity index (χ0v) is 15.9. The molecule has 2 heterocycles. The van der Waals surface area contributed by atoms with Crippen LogP contribution >= 0.6 is 11.3 Å². The summed E-state index contributed by atoms with van der Waals surface area (Å²) in [5, 5.41) is 6.83. The van der Waals surface area contributed by atoms with Gasteiger partial charge in [-0.25, -0.2) is 4.98 Å². The lowest BCUT2D eigenvalue weighted by molar-refractivity contribution is -0.137. The number of hydrogen-bond acceptors (Lipinski definition) is 5. The number of halogens is 3. The number of carbonyl (C=O) groups excluding carboxylic acids is 2. The Labute approximate surface area is 167 Å². The molecule has 3 aromatic rings. The van der Waals surface area contributed by atoms with E-state index in [4.69, 9.17) is 4.42 Å². The van der Waals surface area contributed by atoms with E-state index in [9.17, 15) is 22.8 Å². The van der Waals surface area contributed by atoms with E-state index in [1.54, 1.807) is 12.1 Å². The Hall–Kier alpha value is -3.14. The summed E-state index contributed by atoms with van der Waals surface area (Å²) in [6.45, 7) is 1.69. The van der Waals surface area contributed by atoms with Gasteiger partial charge < -0.3 is 15.1 Å². The van der Waals surface area contributed by atoms with Crippen LogP contribution in [-0.4, -0.2) is 22.8 Å². The van der Waals surface area contributed by atoms with Gasteiger partial charge in [0.15, 0.2) is 0 Å². The molecule has 1 aromatic carbocycles. The number of thiazole rings is 1. The third kappa shape index (κ3) is 5.23. The molecule has 1 unspecified atom stereocenters. The lowest BCUT2D eigenvalue weighted by Gasteiger charge is -2.12. The Kier molecular flexibility index (Phi) is 6.02. The van der Waals surface area contributed by atoms with Gasteiger partial charge in [0.1, 0.15) is 22.5 Å². The first-order valence-electron chi connectivity index (χ1n) is 8.48. The Morgan fingerprint density at radius 2 is 2.03 bits per heavy atom. The number of amides is 2. The highest BCUT2D eigenvalue weighted by Crippen LogP contribution is 2.33. The number of aromatic nitrogens is 1. The van der Waals surface area contributed by atoms with Gasteiger partial charge in [0.25, 0.3) is 5.91 Å². The van der Waals surface area contributed by atoms with Crippen LogP contribution < -0.4 is 10.6 Å². The molecule has 0 aliphatic heterocycles. The molecule has 152 valence electrons. The van der Waals surface area contributed by atoms with Gasteiger partial charge in [-0.2, -0.15) is 13.2 Å². The van der Waals surface area contributed by atoms with Crippen LogP contribution in [0.3, 0.4) is 0 Å². The number of rotatable bonds is 6. The second kappa shape index (κ2) is 8.48. The highest BCUT2D eigenvalue weighted by atomic mass is 32.1. The van der Waals surface area contributed by atoms with Crippen LogP contribution in [0.4, 0.5) is 13.2 Å². The van der Waals surface area contributed by atoms with Crippen LogP contribution in [0.2, 0.25) is 0 Å². The van der Waals surface area contributed by atoms with Crippen molar-refractivity contribution in [1.29, 1.82) is 0 Å². The highest BCUT2D eigenvalue weighted by Gasteiger charge is 2.30. The van der Waals surface area contributed by atoms with E-state index < -0.39 is 29.6 Å². The van der Waals surface area contributed by atoms with Gasteiger partial charge in [-0.05, 0) is 31.2 Å². The Morgan fingerprint density at radius 3 is 2.72 bits per heavy atom.